The molecule has 1 aromatic heterocycles. The van der Waals surface area contributed by atoms with Crippen LogP contribution in [0.4, 0.5) is 5.69 Å². The first kappa shape index (κ1) is 19.4. The molecule has 0 radical (unpaired) electrons. The van der Waals surface area contributed by atoms with Gasteiger partial charge in [-0.1, -0.05) is 24.9 Å². The van der Waals surface area contributed by atoms with Crippen LogP contribution in [0, 0.1) is 0 Å². The Labute approximate surface area is 152 Å². The van der Waals surface area contributed by atoms with E-state index in [9.17, 15) is 4.79 Å². The molecular formula is C17H24ClN5O2. The number of pyridine rings is 1. The van der Waals surface area contributed by atoms with E-state index in [0.717, 1.165) is 25.2 Å². The molecule has 7 nitrogen and oxygen atoms in total. The minimum absolute atomic E-state index is 0.0559. The van der Waals surface area contributed by atoms with E-state index in [2.05, 4.69) is 20.6 Å². The molecule has 136 valence electrons. The molecular weight excluding hydrogens is 342 g/mol. The third-order valence-electron chi connectivity index (χ3n) is 3.79. The Balaban J connectivity index is 2.04. The molecule has 4 N–H and O–H groups in total. The minimum atomic E-state index is -0.479. The lowest BCUT2D eigenvalue weighted by molar-refractivity contribution is -0.112. The van der Waals surface area contributed by atoms with Gasteiger partial charge >= 0.3 is 0 Å². The summed E-state index contributed by atoms with van der Waals surface area (Å²) in [5, 5.41) is 6.13. The molecule has 2 rings (SSSR count). The van der Waals surface area contributed by atoms with Crippen LogP contribution in [0.25, 0.3) is 0 Å². The molecule has 1 aliphatic rings. The summed E-state index contributed by atoms with van der Waals surface area (Å²) in [6, 6.07) is 3.59. The summed E-state index contributed by atoms with van der Waals surface area (Å²) in [6.45, 7) is 4.23. The second kappa shape index (κ2) is 9.50. The van der Waals surface area contributed by atoms with Crippen molar-refractivity contribution in [2.45, 2.75) is 25.9 Å². The van der Waals surface area contributed by atoms with Gasteiger partial charge in [-0.15, -0.1) is 0 Å². The summed E-state index contributed by atoms with van der Waals surface area (Å²) in [6.07, 6.45) is 3.03. The average molecular weight is 366 g/mol. The maximum atomic E-state index is 12.3. The minimum Gasteiger partial charge on any atom is -0.393 e. The van der Waals surface area contributed by atoms with Crippen LogP contribution in [0.15, 0.2) is 34.1 Å². The maximum Gasteiger partial charge on any atom is 0.273 e. The molecule has 1 saturated heterocycles. The Hall–Kier alpha value is -1.96. The van der Waals surface area contributed by atoms with Gasteiger partial charge in [-0.05, 0) is 18.6 Å². The quantitative estimate of drug-likeness (QED) is 0.528. The molecule has 25 heavy (non-hydrogen) atoms. The van der Waals surface area contributed by atoms with Crippen LogP contribution in [-0.2, 0) is 9.53 Å². The monoisotopic (exact) mass is 365 g/mol. The number of anilines is 1. The van der Waals surface area contributed by atoms with Gasteiger partial charge in [0.05, 0.1) is 34.9 Å². The van der Waals surface area contributed by atoms with E-state index in [-0.39, 0.29) is 16.8 Å². The van der Waals surface area contributed by atoms with Crippen molar-refractivity contribution in [1.82, 2.24) is 10.3 Å². The Kier molecular flexibility index (Phi) is 7.36. The van der Waals surface area contributed by atoms with Crippen molar-refractivity contribution in [1.29, 1.82) is 0 Å². The van der Waals surface area contributed by atoms with Crippen LogP contribution >= 0.6 is 11.6 Å². The van der Waals surface area contributed by atoms with Gasteiger partial charge in [0.2, 0.25) is 0 Å². The summed E-state index contributed by atoms with van der Waals surface area (Å²) in [5.41, 5.74) is 7.78. The van der Waals surface area contributed by atoms with Crippen LogP contribution in [0.2, 0.25) is 0 Å². The summed E-state index contributed by atoms with van der Waals surface area (Å²) >= 11 is 6.19. The Bertz CT molecular complexity index is 652. The van der Waals surface area contributed by atoms with Gasteiger partial charge in [0.15, 0.2) is 0 Å². The molecule has 1 atom stereocenters. The molecule has 0 saturated carbocycles. The number of nitrogens with one attached hydrogen (secondary N) is 2. The SMILES string of the molecule is CCCC(=NC)/C(Cl)=C(\N)C(=O)Nc1ccc([C@H]2CNCCO2)nc1. The highest BCUT2D eigenvalue weighted by Gasteiger charge is 2.18. The molecule has 0 bridgehead atoms. The summed E-state index contributed by atoms with van der Waals surface area (Å²) in [5.74, 6) is -0.479. The van der Waals surface area contributed by atoms with Crippen molar-refractivity contribution < 1.29 is 9.53 Å². The van der Waals surface area contributed by atoms with Gasteiger partial charge in [0.25, 0.3) is 5.91 Å². The number of carbonyl (C=O) groups excluding carboxylic acids is 1. The van der Waals surface area contributed by atoms with Gasteiger partial charge in [-0.2, -0.15) is 0 Å². The number of halogens is 1. The first-order valence-corrected chi connectivity index (χ1v) is 8.65. The fourth-order valence-corrected chi connectivity index (χ4v) is 2.70. The average Bonchev–Trinajstić information content (AvgIpc) is 2.66. The van der Waals surface area contributed by atoms with Crippen LogP contribution in [0.3, 0.4) is 0 Å². The highest BCUT2D eigenvalue weighted by Crippen LogP contribution is 2.19. The zero-order valence-electron chi connectivity index (χ0n) is 14.5. The van der Waals surface area contributed by atoms with Crippen molar-refractivity contribution in [2.24, 2.45) is 10.7 Å². The third kappa shape index (κ3) is 5.26. The summed E-state index contributed by atoms with van der Waals surface area (Å²) in [4.78, 5) is 20.7. The highest BCUT2D eigenvalue weighted by molar-refractivity contribution is 6.45. The predicted molar refractivity (Wildman–Crippen MR) is 99.8 cm³/mol. The lowest BCUT2D eigenvalue weighted by atomic mass is 10.2. The maximum absolute atomic E-state index is 12.3. The number of carbonyl (C=O) groups is 1. The number of hydrogen-bond acceptors (Lipinski definition) is 6. The molecule has 8 heteroatoms. The molecule has 1 aromatic rings. The normalized spacial score (nSPS) is 19.3. The molecule has 0 aliphatic carbocycles. The number of nitrogens with two attached hydrogens (primary N) is 1. The second-order valence-corrected chi connectivity index (χ2v) is 6.02. The van der Waals surface area contributed by atoms with Crippen LogP contribution < -0.4 is 16.4 Å². The van der Waals surface area contributed by atoms with Crippen molar-refractivity contribution in [3.63, 3.8) is 0 Å². The lowest BCUT2D eigenvalue weighted by Crippen LogP contribution is -2.33. The zero-order valence-corrected chi connectivity index (χ0v) is 15.3. The van der Waals surface area contributed by atoms with E-state index in [0.29, 0.717) is 24.4 Å². The number of hydrogen-bond donors (Lipinski definition) is 3. The number of ether oxygens (including phenoxy) is 1. The van der Waals surface area contributed by atoms with Crippen molar-refractivity contribution in [2.75, 3.05) is 32.1 Å². The van der Waals surface area contributed by atoms with E-state index in [1.165, 1.54) is 0 Å². The summed E-state index contributed by atoms with van der Waals surface area (Å²) in [7, 11) is 1.63. The molecule has 0 unspecified atom stereocenters. The molecule has 0 spiro atoms. The number of aromatic nitrogens is 1. The number of morpholine rings is 1. The van der Waals surface area contributed by atoms with E-state index < -0.39 is 5.91 Å². The standard InChI is InChI=1S/C17H24ClN5O2/c1-3-4-13(20-2)15(18)16(19)17(24)23-11-5-6-12(22-9-11)14-10-21-7-8-25-14/h5-6,9,14,21H,3-4,7-8,10,19H2,1-2H3,(H,23,24)/b16-15+,20-13?/t14-/m1/s1. The van der Waals surface area contributed by atoms with Gasteiger partial charge in [-0.25, -0.2) is 0 Å². The first-order valence-electron chi connectivity index (χ1n) is 8.27. The van der Waals surface area contributed by atoms with Gasteiger partial charge in [0, 0.05) is 20.1 Å². The first-order chi connectivity index (χ1) is 12.1. The number of allylic oxidation sites excluding steroid dienone is 1. The second-order valence-electron chi connectivity index (χ2n) is 5.64. The lowest BCUT2D eigenvalue weighted by Gasteiger charge is -2.23. The van der Waals surface area contributed by atoms with Crippen LogP contribution in [-0.4, -0.2) is 43.3 Å². The molecule has 1 aliphatic heterocycles. The van der Waals surface area contributed by atoms with E-state index in [1.54, 1.807) is 19.3 Å². The number of aliphatic imine (C=N–C) groups is 1. The molecule has 0 aromatic carbocycles. The van der Waals surface area contributed by atoms with Crippen molar-refractivity contribution in [3.05, 3.63) is 34.8 Å². The Morgan fingerprint density at radius 2 is 2.36 bits per heavy atom. The third-order valence-corrected chi connectivity index (χ3v) is 4.21. The highest BCUT2D eigenvalue weighted by atomic mass is 35.5. The van der Waals surface area contributed by atoms with Crippen LogP contribution in [0.5, 0.6) is 0 Å². The van der Waals surface area contributed by atoms with Gasteiger partial charge in [-0.3, -0.25) is 14.8 Å². The molecule has 1 amide bonds. The Morgan fingerprint density at radius 1 is 1.56 bits per heavy atom. The fourth-order valence-electron chi connectivity index (χ4n) is 2.44. The zero-order chi connectivity index (χ0) is 18.2. The molecule has 1 fully saturated rings. The van der Waals surface area contributed by atoms with Gasteiger partial charge in [0.1, 0.15) is 11.8 Å². The topological polar surface area (TPSA) is 102 Å². The number of nitrogens with zero attached hydrogens (tertiary/aromatic N) is 2. The summed E-state index contributed by atoms with van der Waals surface area (Å²) < 4.78 is 5.65. The van der Waals surface area contributed by atoms with E-state index in [1.807, 2.05) is 13.0 Å². The van der Waals surface area contributed by atoms with Gasteiger partial charge < -0.3 is 21.1 Å². The Morgan fingerprint density at radius 3 is 2.92 bits per heavy atom. The smallest absolute Gasteiger partial charge is 0.273 e. The number of amides is 1. The predicted octanol–water partition coefficient (Wildman–Crippen LogP) is 1.96. The van der Waals surface area contributed by atoms with Crippen molar-refractivity contribution in [3.8, 4) is 0 Å². The number of rotatable bonds is 6. The van der Waals surface area contributed by atoms with E-state index in [4.69, 9.17) is 22.1 Å². The fraction of sp³-hybridized carbons (Fsp3) is 0.471. The van der Waals surface area contributed by atoms with Crippen LogP contribution in [0.1, 0.15) is 31.6 Å². The van der Waals surface area contributed by atoms with E-state index >= 15 is 0 Å². The molecule has 2 heterocycles. The van der Waals surface area contributed by atoms with Crippen molar-refractivity contribution >= 4 is 28.9 Å². The largest absolute Gasteiger partial charge is 0.393 e.